The number of morpholine rings is 1. The topological polar surface area (TPSA) is 71.8 Å². The number of ether oxygens (including phenoxy) is 1. The van der Waals surface area contributed by atoms with Gasteiger partial charge < -0.3 is 19.4 Å². The first kappa shape index (κ1) is 17.3. The Labute approximate surface area is 156 Å². The molecular formula is C19H22N2O4S. The fourth-order valence-corrected chi connectivity index (χ4v) is 4.20. The van der Waals surface area contributed by atoms with Crippen LogP contribution in [0.4, 0.5) is 0 Å². The second kappa shape index (κ2) is 7.25. The Kier molecular flexibility index (Phi) is 4.82. The molecule has 2 aliphatic rings. The van der Waals surface area contributed by atoms with Crippen LogP contribution >= 0.6 is 11.3 Å². The molecule has 0 aliphatic carbocycles. The summed E-state index contributed by atoms with van der Waals surface area (Å²) in [6.07, 6.45) is 2.59. The highest BCUT2D eigenvalue weighted by atomic mass is 32.1. The fraction of sp³-hybridized carbons (Fsp3) is 0.474. The standard InChI is InChI=1S/C19H22N2O4S/c22-17-12-24-19(13-20-17)7-9-21(10-8-19)18(23)6-4-14-3-5-15(25-14)16-2-1-11-26-16/h1-3,5,11H,4,6-10,12-13H2,(H,20,22). The molecule has 1 spiro atoms. The van der Waals surface area contributed by atoms with Crippen molar-refractivity contribution < 1.29 is 18.7 Å². The third-order valence-electron chi connectivity index (χ3n) is 5.16. The largest absolute Gasteiger partial charge is 0.460 e. The van der Waals surface area contributed by atoms with Crippen molar-refractivity contribution in [1.82, 2.24) is 10.2 Å². The maximum Gasteiger partial charge on any atom is 0.246 e. The van der Waals surface area contributed by atoms with Crippen LogP contribution in [0.5, 0.6) is 0 Å². The van der Waals surface area contributed by atoms with Crippen LogP contribution in [0.15, 0.2) is 34.1 Å². The Morgan fingerprint density at radius 3 is 2.81 bits per heavy atom. The molecule has 2 aromatic rings. The summed E-state index contributed by atoms with van der Waals surface area (Å²) in [6, 6.07) is 7.94. The fourth-order valence-electron chi connectivity index (χ4n) is 3.52. The van der Waals surface area contributed by atoms with Gasteiger partial charge in [-0.1, -0.05) is 6.07 Å². The zero-order valence-corrected chi connectivity index (χ0v) is 15.3. The van der Waals surface area contributed by atoms with Gasteiger partial charge in [0.05, 0.1) is 10.5 Å². The smallest absolute Gasteiger partial charge is 0.246 e. The van der Waals surface area contributed by atoms with Crippen LogP contribution in [0.2, 0.25) is 0 Å². The molecule has 2 aliphatic heterocycles. The number of hydrogen-bond acceptors (Lipinski definition) is 5. The van der Waals surface area contributed by atoms with E-state index in [2.05, 4.69) is 5.32 Å². The van der Waals surface area contributed by atoms with Gasteiger partial charge in [-0.2, -0.15) is 0 Å². The van der Waals surface area contributed by atoms with Crippen molar-refractivity contribution in [1.29, 1.82) is 0 Å². The van der Waals surface area contributed by atoms with Gasteiger partial charge in [0, 0.05) is 32.5 Å². The van der Waals surface area contributed by atoms with Crippen LogP contribution in [0.25, 0.3) is 10.6 Å². The Morgan fingerprint density at radius 1 is 1.27 bits per heavy atom. The van der Waals surface area contributed by atoms with Crippen LogP contribution in [-0.4, -0.2) is 48.6 Å². The van der Waals surface area contributed by atoms with Gasteiger partial charge in [-0.3, -0.25) is 9.59 Å². The molecule has 0 unspecified atom stereocenters. The number of nitrogens with one attached hydrogen (secondary N) is 1. The molecule has 0 aromatic carbocycles. The molecule has 0 saturated carbocycles. The predicted molar refractivity (Wildman–Crippen MR) is 97.8 cm³/mol. The summed E-state index contributed by atoms with van der Waals surface area (Å²) in [7, 11) is 0. The number of likely N-dealkylation sites (tertiary alicyclic amines) is 1. The quantitative estimate of drug-likeness (QED) is 0.892. The highest BCUT2D eigenvalue weighted by Gasteiger charge is 2.39. The summed E-state index contributed by atoms with van der Waals surface area (Å²) in [5.41, 5.74) is -0.290. The van der Waals surface area contributed by atoms with Crippen LogP contribution in [-0.2, 0) is 20.7 Å². The van der Waals surface area contributed by atoms with Crippen molar-refractivity contribution in [3.8, 4) is 10.6 Å². The van der Waals surface area contributed by atoms with E-state index in [4.69, 9.17) is 9.15 Å². The molecule has 4 rings (SSSR count). The van der Waals surface area contributed by atoms with E-state index >= 15 is 0 Å². The van der Waals surface area contributed by atoms with E-state index < -0.39 is 0 Å². The molecule has 26 heavy (non-hydrogen) atoms. The number of thiophene rings is 1. The number of rotatable bonds is 4. The number of amides is 2. The second-order valence-electron chi connectivity index (χ2n) is 6.87. The minimum atomic E-state index is -0.290. The van der Waals surface area contributed by atoms with E-state index in [0.29, 0.717) is 32.5 Å². The van der Waals surface area contributed by atoms with Crippen molar-refractivity contribution in [3.05, 3.63) is 35.4 Å². The Morgan fingerprint density at radius 2 is 2.12 bits per heavy atom. The van der Waals surface area contributed by atoms with E-state index in [1.807, 2.05) is 34.5 Å². The third kappa shape index (κ3) is 3.68. The van der Waals surface area contributed by atoms with E-state index in [1.54, 1.807) is 11.3 Å². The van der Waals surface area contributed by atoms with Crippen molar-refractivity contribution in [2.24, 2.45) is 0 Å². The summed E-state index contributed by atoms with van der Waals surface area (Å²) in [5, 5.41) is 4.89. The van der Waals surface area contributed by atoms with Crippen molar-refractivity contribution in [2.45, 2.75) is 31.3 Å². The zero-order chi connectivity index (χ0) is 18.0. The van der Waals surface area contributed by atoms with Crippen LogP contribution < -0.4 is 5.32 Å². The summed E-state index contributed by atoms with van der Waals surface area (Å²) in [4.78, 5) is 26.8. The summed E-state index contributed by atoms with van der Waals surface area (Å²) in [6.45, 7) is 2.02. The van der Waals surface area contributed by atoms with Gasteiger partial charge in [0.15, 0.2) is 0 Å². The number of furan rings is 1. The number of nitrogens with zero attached hydrogens (tertiary/aromatic N) is 1. The average molecular weight is 374 g/mol. The molecule has 0 atom stereocenters. The maximum atomic E-state index is 12.5. The third-order valence-corrected chi connectivity index (χ3v) is 6.04. The van der Waals surface area contributed by atoms with Gasteiger partial charge in [-0.25, -0.2) is 0 Å². The van der Waals surface area contributed by atoms with Gasteiger partial charge in [0.2, 0.25) is 11.8 Å². The molecule has 4 heterocycles. The number of carbonyl (C=O) groups excluding carboxylic acids is 2. The first-order valence-corrected chi connectivity index (χ1v) is 9.83. The van der Waals surface area contributed by atoms with Gasteiger partial charge in [-0.15, -0.1) is 11.3 Å². The first-order valence-electron chi connectivity index (χ1n) is 8.95. The molecule has 0 radical (unpaired) electrons. The van der Waals surface area contributed by atoms with Gasteiger partial charge in [-0.05, 0) is 36.4 Å². The first-order chi connectivity index (χ1) is 12.6. The van der Waals surface area contributed by atoms with E-state index in [0.717, 1.165) is 29.2 Å². The van der Waals surface area contributed by atoms with Crippen molar-refractivity contribution in [2.75, 3.05) is 26.2 Å². The number of piperidine rings is 1. The lowest BCUT2D eigenvalue weighted by Crippen LogP contribution is -2.58. The second-order valence-corrected chi connectivity index (χ2v) is 7.82. The normalized spacial score (nSPS) is 19.5. The lowest BCUT2D eigenvalue weighted by Gasteiger charge is -2.43. The Balaban J connectivity index is 1.26. The van der Waals surface area contributed by atoms with Gasteiger partial charge >= 0.3 is 0 Å². The van der Waals surface area contributed by atoms with Crippen LogP contribution in [0.3, 0.4) is 0 Å². The van der Waals surface area contributed by atoms with Crippen molar-refractivity contribution in [3.63, 3.8) is 0 Å². The summed E-state index contributed by atoms with van der Waals surface area (Å²) >= 11 is 1.64. The molecule has 1 N–H and O–H groups in total. The summed E-state index contributed by atoms with van der Waals surface area (Å²) < 4.78 is 11.6. The summed E-state index contributed by atoms with van der Waals surface area (Å²) in [5.74, 6) is 1.79. The van der Waals surface area contributed by atoms with E-state index in [-0.39, 0.29) is 24.0 Å². The van der Waals surface area contributed by atoms with Crippen LogP contribution in [0, 0.1) is 0 Å². The lowest BCUT2D eigenvalue weighted by molar-refractivity contribution is -0.154. The molecule has 2 fully saturated rings. The minimum Gasteiger partial charge on any atom is -0.460 e. The Bertz CT molecular complexity index is 763. The molecule has 2 aromatic heterocycles. The highest BCUT2D eigenvalue weighted by Crippen LogP contribution is 2.29. The lowest BCUT2D eigenvalue weighted by atomic mass is 9.90. The van der Waals surface area contributed by atoms with Gasteiger partial charge in [0.1, 0.15) is 18.1 Å². The zero-order valence-electron chi connectivity index (χ0n) is 14.5. The Hall–Kier alpha value is -2.12. The predicted octanol–water partition coefficient (Wildman–Crippen LogP) is 2.45. The molecule has 0 bridgehead atoms. The van der Waals surface area contributed by atoms with Crippen molar-refractivity contribution >= 4 is 23.2 Å². The van der Waals surface area contributed by atoms with E-state index in [9.17, 15) is 9.59 Å². The highest BCUT2D eigenvalue weighted by molar-refractivity contribution is 7.13. The molecular weight excluding hydrogens is 352 g/mol. The maximum absolute atomic E-state index is 12.5. The molecule has 6 nitrogen and oxygen atoms in total. The minimum absolute atomic E-state index is 0.0607. The van der Waals surface area contributed by atoms with Crippen LogP contribution in [0.1, 0.15) is 25.0 Å². The van der Waals surface area contributed by atoms with Gasteiger partial charge in [0.25, 0.3) is 0 Å². The monoisotopic (exact) mass is 374 g/mol. The number of carbonyl (C=O) groups is 2. The SMILES string of the molecule is O=C1COC2(CCN(C(=O)CCc3ccc(-c4cccs4)o3)CC2)CN1. The molecule has 138 valence electrons. The average Bonchev–Trinajstić information content (AvgIpc) is 3.34. The molecule has 2 amide bonds. The number of hydrogen-bond donors (Lipinski definition) is 1. The van der Waals surface area contributed by atoms with E-state index in [1.165, 1.54) is 0 Å². The molecule has 2 saturated heterocycles. The molecule has 7 heteroatoms. The number of aryl methyl sites for hydroxylation is 1.